The Bertz CT molecular complexity index is 1910. The molecule has 0 aromatic rings. The third kappa shape index (κ3) is 10.5. The van der Waals surface area contributed by atoms with Crippen LogP contribution >= 0.6 is 0 Å². The molecule has 440 valence electrons. The van der Waals surface area contributed by atoms with E-state index in [1.54, 1.807) is 0 Å². The summed E-state index contributed by atoms with van der Waals surface area (Å²) in [6, 6.07) is 0. The van der Waals surface area contributed by atoms with Crippen molar-refractivity contribution in [3.63, 3.8) is 0 Å². The van der Waals surface area contributed by atoms with Gasteiger partial charge in [0.05, 0.1) is 51.3 Å². The standard InChI is InChI=1S/C51H86O25/c1-19(18-68-45-39(63)36(60)33(57)27(14-52)70-45)7-10-51(67)20(2)32-26(76-51)12-25-23-6-5-21-11-22(8-9-49(21,3)24(23)13-31(56)50(25,32)4)69-48-44(75-47-41(65)38(62)35(59)29(16-54)72-47)42(66)43(30(17-55)73-48)74-46-40(64)37(61)34(58)28(15-53)71-46/h19-48,52-67H,5-18H2,1-4H3/t19-,20+,21-,22+,23-,24+,25+,26+,27-,28-,29-,30-,31-,32+,33-,34-,35-,36+,37+,38+,39-,40-,41-,42+,43+,44-,45-,46+,47+,48-,49+,50-,51?/m1/s1. The summed E-state index contributed by atoms with van der Waals surface area (Å²) in [6.45, 7) is 5.55. The first-order valence-electron chi connectivity index (χ1n) is 27.5. The molecule has 9 fully saturated rings. The van der Waals surface area contributed by atoms with E-state index in [2.05, 4.69) is 13.8 Å². The van der Waals surface area contributed by atoms with Gasteiger partial charge in [-0.3, -0.25) is 0 Å². The van der Waals surface area contributed by atoms with Crippen LogP contribution in [0, 0.1) is 52.3 Å². The molecule has 0 aromatic heterocycles. The Morgan fingerprint density at radius 2 is 1.08 bits per heavy atom. The Morgan fingerprint density at radius 1 is 0.553 bits per heavy atom. The summed E-state index contributed by atoms with van der Waals surface area (Å²) in [6.07, 6.45) is -28.2. The predicted octanol–water partition coefficient (Wildman–Crippen LogP) is -4.98. The summed E-state index contributed by atoms with van der Waals surface area (Å²) in [5.41, 5.74) is -0.763. The van der Waals surface area contributed by atoms with Gasteiger partial charge < -0.3 is 124 Å². The van der Waals surface area contributed by atoms with E-state index in [1.165, 1.54) is 0 Å². The molecular weight excluding hydrogens is 1010 g/mol. The summed E-state index contributed by atoms with van der Waals surface area (Å²) in [4.78, 5) is 0. The number of aliphatic hydroxyl groups excluding tert-OH is 15. The van der Waals surface area contributed by atoms with Crippen LogP contribution in [0.4, 0.5) is 0 Å². The molecule has 0 aromatic carbocycles. The first-order valence-corrected chi connectivity index (χ1v) is 27.5. The molecule has 0 bridgehead atoms. The lowest BCUT2D eigenvalue weighted by atomic mass is 9.43. The van der Waals surface area contributed by atoms with Gasteiger partial charge in [0.25, 0.3) is 0 Å². The summed E-state index contributed by atoms with van der Waals surface area (Å²) in [7, 11) is 0. The van der Waals surface area contributed by atoms with Crippen molar-refractivity contribution in [1.29, 1.82) is 0 Å². The first-order chi connectivity index (χ1) is 35.9. The van der Waals surface area contributed by atoms with Crippen molar-refractivity contribution in [2.75, 3.05) is 33.0 Å². The van der Waals surface area contributed by atoms with Crippen molar-refractivity contribution in [3.8, 4) is 0 Å². The molecule has 0 radical (unpaired) electrons. The van der Waals surface area contributed by atoms with Gasteiger partial charge in [-0.2, -0.15) is 0 Å². The fraction of sp³-hybridized carbons (Fsp3) is 1.00. The van der Waals surface area contributed by atoms with Crippen molar-refractivity contribution >= 4 is 0 Å². The monoisotopic (exact) mass is 1100 g/mol. The molecule has 1 unspecified atom stereocenters. The zero-order chi connectivity index (χ0) is 55.1. The summed E-state index contributed by atoms with van der Waals surface area (Å²) < 4.78 is 54.1. The minimum atomic E-state index is -1.90. The maximum absolute atomic E-state index is 12.4. The van der Waals surface area contributed by atoms with Gasteiger partial charge in [-0.25, -0.2) is 0 Å². The number of fused-ring (bicyclic) bond motifs is 7. The fourth-order valence-corrected chi connectivity index (χ4v) is 15.6. The van der Waals surface area contributed by atoms with Crippen LogP contribution in [0.3, 0.4) is 0 Å². The van der Waals surface area contributed by atoms with Crippen LogP contribution in [0.15, 0.2) is 0 Å². The van der Waals surface area contributed by atoms with Crippen LogP contribution in [-0.2, 0) is 42.6 Å². The second kappa shape index (κ2) is 23.3. The molecule has 25 nitrogen and oxygen atoms in total. The number of hydrogen-bond acceptors (Lipinski definition) is 25. The van der Waals surface area contributed by atoms with Crippen molar-refractivity contribution in [3.05, 3.63) is 0 Å². The van der Waals surface area contributed by atoms with Gasteiger partial charge in [0, 0.05) is 23.7 Å². The second-order valence-electron chi connectivity index (χ2n) is 24.3. The van der Waals surface area contributed by atoms with E-state index < -0.39 is 173 Å². The van der Waals surface area contributed by atoms with E-state index >= 15 is 0 Å². The number of ether oxygens (including phenoxy) is 9. The average Bonchev–Trinajstić information content (AvgIpc) is 3.89. The molecule has 25 heteroatoms. The van der Waals surface area contributed by atoms with E-state index in [9.17, 15) is 81.7 Å². The summed E-state index contributed by atoms with van der Waals surface area (Å²) in [5.74, 6) is -1.40. The lowest BCUT2D eigenvalue weighted by Gasteiger charge is -2.62. The highest BCUT2D eigenvalue weighted by molar-refractivity contribution is 5.17. The van der Waals surface area contributed by atoms with Crippen LogP contribution in [0.25, 0.3) is 0 Å². The molecule has 9 aliphatic rings. The minimum absolute atomic E-state index is 0.101. The fourth-order valence-electron chi connectivity index (χ4n) is 15.6. The van der Waals surface area contributed by atoms with Crippen LogP contribution in [0.2, 0.25) is 0 Å². The molecule has 5 aliphatic heterocycles. The van der Waals surface area contributed by atoms with Crippen molar-refractivity contribution in [2.24, 2.45) is 52.3 Å². The van der Waals surface area contributed by atoms with Crippen molar-refractivity contribution in [2.45, 2.75) is 232 Å². The minimum Gasteiger partial charge on any atom is -0.394 e. The first kappa shape index (κ1) is 59.6. The highest BCUT2D eigenvalue weighted by Gasteiger charge is 2.71. The Balaban J connectivity index is 0.850. The molecule has 9 rings (SSSR count). The third-order valence-electron chi connectivity index (χ3n) is 20.2. The van der Waals surface area contributed by atoms with Crippen LogP contribution < -0.4 is 0 Å². The maximum atomic E-state index is 12.4. The molecule has 4 saturated carbocycles. The Labute approximate surface area is 441 Å². The third-order valence-corrected chi connectivity index (χ3v) is 20.2. The van der Waals surface area contributed by atoms with Crippen LogP contribution in [0.1, 0.15) is 85.5 Å². The zero-order valence-corrected chi connectivity index (χ0v) is 43.5. The van der Waals surface area contributed by atoms with Gasteiger partial charge in [0.15, 0.2) is 30.9 Å². The Hall–Kier alpha value is -1.00. The number of rotatable bonds is 16. The molecule has 33 atom stereocenters. The molecule has 0 amide bonds. The largest absolute Gasteiger partial charge is 0.394 e. The number of hydrogen-bond donors (Lipinski definition) is 16. The lowest BCUT2D eigenvalue weighted by Crippen LogP contribution is -2.67. The van der Waals surface area contributed by atoms with Gasteiger partial charge in [-0.05, 0) is 86.4 Å². The highest BCUT2D eigenvalue weighted by Crippen LogP contribution is 2.71. The van der Waals surface area contributed by atoms with E-state index in [4.69, 9.17) is 42.6 Å². The highest BCUT2D eigenvalue weighted by atomic mass is 16.8. The Morgan fingerprint density at radius 3 is 1.64 bits per heavy atom. The molecule has 76 heavy (non-hydrogen) atoms. The normalized spacial score (nSPS) is 55.8. The molecule has 5 saturated heterocycles. The zero-order valence-electron chi connectivity index (χ0n) is 43.5. The van der Waals surface area contributed by atoms with Crippen molar-refractivity contribution in [1.82, 2.24) is 0 Å². The van der Waals surface area contributed by atoms with E-state index in [1.807, 2.05) is 13.8 Å². The molecular formula is C51H86O25. The topological polar surface area (TPSA) is 407 Å². The van der Waals surface area contributed by atoms with Gasteiger partial charge in [0.1, 0.15) is 97.7 Å². The van der Waals surface area contributed by atoms with Crippen LogP contribution in [-0.4, -0.2) is 262 Å². The molecule has 5 heterocycles. The molecule has 0 spiro atoms. The van der Waals surface area contributed by atoms with Crippen molar-refractivity contribution < 1.29 is 124 Å². The Kier molecular flexibility index (Phi) is 18.3. The van der Waals surface area contributed by atoms with Gasteiger partial charge in [-0.15, -0.1) is 0 Å². The second-order valence-corrected chi connectivity index (χ2v) is 24.3. The smallest absolute Gasteiger partial charge is 0.187 e. The lowest BCUT2D eigenvalue weighted by molar-refractivity contribution is -0.391. The van der Waals surface area contributed by atoms with Gasteiger partial charge >= 0.3 is 0 Å². The quantitative estimate of drug-likeness (QED) is 0.0644. The summed E-state index contributed by atoms with van der Waals surface area (Å²) >= 11 is 0. The van der Waals surface area contributed by atoms with E-state index in [0.717, 1.165) is 12.8 Å². The summed E-state index contributed by atoms with van der Waals surface area (Å²) in [5, 5.41) is 171. The molecule has 16 N–H and O–H groups in total. The van der Waals surface area contributed by atoms with E-state index in [-0.39, 0.29) is 66.0 Å². The van der Waals surface area contributed by atoms with Gasteiger partial charge in [-0.1, -0.05) is 27.7 Å². The average molecular weight is 1100 g/mol. The molecule has 4 aliphatic carbocycles. The SMILES string of the molecule is C[C@H](CCC1(O)O[C@H]2C[C@H]3[C@@H]4CC[C@@H]5C[C@@H](O[C@@H]6O[C@H](CO)[C@H](O[C@@H]7O[C@H](CO)[C@@H](O)[C@H](O)[C@H]7O)[C@H](O)[C@H]6O[C@@H]6O[C@H](CO)[C@@H](O)[C@H](O)[C@H]6O)CC[C@]5(C)[C@H]4C[C@@H](O)[C@]3(C)[C@H]2[C@@H]1C)CO[C@@H]1O[C@H](CO)[C@@H](O)[C@H](O)[C@H]1O. The van der Waals surface area contributed by atoms with E-state index in [0.29, 0.717) is 38.5 Å². The van der Waals surface area contributed by atoms with Crippen LogP contribution in [0.5, 0.6) is 0 Å². The van der Waals surface area contributed by atoms with Gasteiger partial charge in [0.2, 0.25) is 0 Å². The number of aliphatic hydroxyl groups is 16. The maximum Gasteiger partial charge on any atom is 0.187 e. The predicted molar refractivity (Wildman–Crippen MR) is 253 cm³/mol.